The van der Waals surface area contributed by atoms with Gasteiger partial charge >= 0.3 is 5.97 Å². The second kappa shape index (κ2) is 9.18. The second-order valence-corrected chi connectivity index (χ2v) is 7.82. The van der Waals surface area contributed by atoms with Gasteiger partial charge in [0.2, 0.25) is 11.9 Å². The predicted octanol–water partition coefficient (Wildman–Crippen LogP) is 3.58. The first-order valence-electron chi connectivity index (χ1n) is 10.7. The van der Waals surface area contributed by atoms with Crippen molar-refractivity contribution >= 4 is 17.8 Å². The van der Waals surface area contributed by atoms with Gasteiger partial charge in [-0.1, -0.05) is 55.8 Å². The van der Waals surface area contributed by atoms with E-state index in [-0.39, 0.29) is 18.0 Å². The number of hydrogen-bond donors (Lipinski definition) is 1. The van der Waals surface area contributed by atoms with Crippen molar-refractivity contribution in [2.24, 2.45) is 0 Å². The van der Waals surface area contributed by atoms with Crippen molar-refractivity contribution in [1.29, 1.82) is 0 Å². The fourth-order valence-corrected chi connectivity index (χ4v) is 4.07. The van der Waals surface area contributed by atoms with Gasteiger partial charge in [-0.2, -0.15) is 4.98 Å². The molecule has 0 aliphatic carbocycles. The lowest BCUT2D eigenvalue weighted by Gasteiger charge is -2.15. The topological polar surface area (TPSA) is 90.3 Å². The summed E-state index contributed by atoms with van der Waals surface area (Å²) in [6.07, 6.45) is 2.85. The SMILES string of the molecule is CCCCc1c(Cc2ccc(-c3ccccc3)c(C(=O)OC)c2)c(=O)nc2n1CC(=O)N2. The molecule has 7 heteroatoms. The fraction of sp³-hybridized carbons (Fsp3) is 0.280. The molecule has 4 rings (SSSR count). The molecular formula is C25H25N3O4. The van der Waals surface area contributed by atoms with E-state index in [9.17, 15) is 14.4 Å². The molecule has 0 saturated heterocycles. The largest absolute Gasteiger partial charge is 0.465 e. The highest BCUT2D eigenvalue weighted by Gasteiger charge is 2.25. The number of nitrogens with one attached hydrogen (secondary N) is 1. The Balaban J connectivity index is 1.78. The molecule has 164 valence electrons. The summed E-state index contributed by atoms with van der Waals surface area (Å²) in [7, 11) is 1.35. The van der Waals surface area contributed by atoms with E-state index in [1.807, 2.05) is 42.5 Å². The van der Waals surface area contributed by atoms with E-state index in [0.717, 1.165) is 35.2 Å². The first-order valence-corrected chi connectivity index (χ1v) is 10.7. The predicted molar refractivity (Wildman–Crippen MR) is 122 cm³/mol. The molecule has 1 N–H and O–H groups in total. The van der Waals surface area contributed by atoms with Gasteiger partial charge in [-0.3, -0.25) is 14.9 Å². The van der Waals surface area contributed by atoms with E-state index >= 15 is 0 Å². The van der Waals surface area contributed by atoms with Crippen molar-refractivity contribution in [1.82, 2.24) is 9.55 Å². The molecule has 7 nitrogen and oxygen atoms in total. The Morgan fingerprint density at radius 3 is 2.66 bits per heavy atom. The molecule has 0 bridgehead atoms. The summed E-state index contributed by atoms with van der Waals surface area (Å²) in [4.78, 5) is 41.4. The number of rotatable bonds is 7. The number of ether oxygens (including phenoxy) is 1. The van der Waals surface area contributed by atoms with E-state index in [1.54, 1.807) is 10.6 Å². The monoisotopic (exact) mass is 431 g/mol. The Morgan fingerprint density at radius 2 is 1.94 bits per heavy atom. The minimum atomic E-state index is -0.435. The van der Waals surface area contributed by atoms with Gasteiger partial charge in [0, 0.05) is 17.7 Å². The van der Waals surface area contributed by atoms with Crippen LogP contribution in [-0.4, -0.2) is 28.5 Å². The van der Waals surface area contributed by atoms with Crippen molar-refractivity contribution in [3.05, 3.63) is 81.3 Å². The van der Waals surface area contributed by atoms with E-state index in [1.165, 1.54) is 7.11 Å². The number of methoxy groups -OCH3 is 1. The quantitative estimate of drug-likeness (QED) is 0.578. The molecule has 0 fully saturated rings. The summed E-state index contributed by atoms with van der Waals surface area (Å²) in [6.45, 7) is 2.24. The smallest absolute Gasteiger partial charge is 0.338 e. The van der Waals surface area contributed by atoms with E-state index < -0.39 is 5.97 Å². The van der Waals surface area contributed by atoms with Crippen molar-refractivity contribution in [3.63, 3.8) is 0 Å². The van der Waals surface area contributed by atoms with E-state index in [2.05, 4.69) is 17.2 Å². The normalized spacial score (nSPS) is 12.4. The van der Waals surface area contributed by atoms with Crippen LogP contribution in [0.25, 0.3) is 11.1 Å². The third-order valence-corrected chi connectivity index (χ3v) is 5.67. The van der Waals surface area contributed by atoms with Gasteiger partial charge in [0.05, 0.1) is 12.7 Å². The van der Waals surface area contributed by atoms with Gasteiger partial charge in [0.15, 0.2) is 0 Å². The van der Waals surface area contributed by atoms with Crippen LogP contribution in [0.4, 0.5) is 5.95 Å². The number of hydrogen-bond acceptors (Lipinski definition) is 5. The Kier molecular flexibility index (Phi) is 6.16. The number of carbonyl (C=O) groups is 2. The lowest BCUT2D eigenvalue weighted by molar-refractivity contribution is -0.115. The Morgan fingerprint density at radius 1 is 1.16 bits per heavy atom. The van der Waals surface area contributed by atoms with Crippen LogP contribution in [0.1, 0.15) is 46.9 Å². The lowest BCUT2D eigenvalue weighted by atomic mass is 9.94. The zero-order chi connectivity index (χ0) is 22.7. The number of benzene rings is 2. The zero-order valence-corrected chi connectivity index (χ0v) is 18.2. The van der Waals surface area contributed by atoms with Crippen LogP contribution in [0.2, 0.25) is 0 Å². The first-order chi connectivity index (χ1) is 15.5. The zero-order valence-electron chi connectivity index (χ0n) is 18.2. The lowest BCUT2D eigenvalue weighted by Crippen LogP contribution is -2.22. The van der Waals surface area contributed by atoms with Gasteiger partial charge in [0.25, 0.3) is 5.56 Å². The van der Waals surface area contributed by atoms with Gasteiger partial charge in [-0.15, -0.1) is 0 Å². The highest BCUT2D eigenvalue weighted by Crippen LogP contribution is 2.27. The molecule has 0 atom stereocenters. The average Bonchev–Trinajstić information content (AvgIpc) is 3.18. The minimum absolute atomic E-state index is 0.162. The molecular weight excluding hydrogens is 406 g/mol. The van der Waals surface area contributed by atoms with Gasteiger partial charge < -0.3 is 9.30 Å². The van der Waals surface area contributed by atoms with Crippen LogP contribution in [-0.2, 0) is 28.9 Å². The summed E-state index contributed by atoms with van der Waals surface area (Å²) in [5, 5.41) is 2.66. The molecule has 2 aromatic carbocycles. The Hall–Kier alpha value is -3.74. The molecule has 3 aromatic rings. The third kappa shape index (κ3) is 4.19. The average molecular weight is 431 g/mol. The van der Waals surface area contributed by atoms with Gasteiger partial charge in [-0.05, 0) is 35.6 Å². The van der Waals surface area contributed by atoms with Crippen LogP contribution in [0.5, 0.6) is 0 Å². The molecule has 0 spiro atoms. The summed E-state index contributed by atoms with van der Waals surface area (Å²) in [6, 6.07) is 15.2. The first kappa shape index (κ1) is 21.5. The number of anilines is 1. The van der Waals surface area contributed by atoms with Crippen LogP contribution in [0.3, 0.4) is 0 Å². The highest BCUT2D eigenvalue weighted by molar-refractivity contribution is 5.97. The van der Waals surface area contributed by atoms with Crippen molar-refractivity contribution in [3.8, 4) is 11.1 Å². The minimum Gasteiger partial charge on any atom is -0.465 e. The molecule has 1 aliphatic rings. The Bertz CT molecular complexity index is 1230. The standard InChI is InChI=1S/C25H25N3O4/c1-3-4-10-21-20(23(30)27-25-26-22(29)15-28(21)25)14-16-11-12-18(17-8-6-5-7-9-17)19(13-16)24(31)32-2/h5-9,11-13H,3-4,10,14-15H2,1-2H3,(H,26,27,29,30). The summed E-state index contributed by atoms with van der Waals surface area (Å²) >= 11 is 0. The van der Waals surface area contributed by atoms with Crippen LogP contribution >= 0.6 is 0 Å². The molecule has 1 amide bonds. The summed E-state index contributed by atoms with van der Waals surface area (Å²) < 4.78 is 6.81. The maximum absolute atomic E-state index is 12.9. The van der Waals surface area contributed by atoms with Gasteiger partial charge in [0.1, 0.15) is 6.54 Å². The van der Waals surface area contributed by atoms with Gasteiger partial charge in [-0.25, -0.2) is 4.79 Å². The number of esters is 1. The molecule has 2 heterocycles. The van der Waals surface area contributed by atoms with Crippen molar-refractivity contribution < 1.29 is 14.3 Å². The van der Waals surface area contributed by atoms with Crippen LogP contribution in [0, 0.1) is 0 Å². The Labute approximate surface area is 186 Å². The molecule has 1 aromatic heterocycles. The number of amides is 1. The summed E-state index contributed by atoms with van der Waals surface area (Å²) in [5.74, 6) is -0.299. The number of nitrogens with zero attached hydrogens (tertiary/aromatic N) is 2. The van der Waals surface area contributed by atoms with E-state index in [0.29, 0.717) is 29.9 Å². The summed E-state index contributed by atoms with van der Waals surface area (Å²) in [5.41, 5.74) is 3.96. The fourth-order valence-electron chi connectivity index (χ4n) is 4.07. The number of unbranched alkanes of at least 4 members (excludes halogenated alkanes) is 1. The second-order valence-electron chi connectivity index (χ2n) is 7.82. The number of carbonyl (C=O) groups excluding carboxylic acids is 2. The maximum atomic E-state index is 12.9. The highest BCUT2D eigenvalue weighted by atomic mass is 16.5. The molecule has 0 saturated carbocycles. The molecule has 0 radical (unpaired) electrons. The van der Waals surface area contributed by atoms with E-state index in [4.69, 9.17) is 4.74 Å². The molecule has 0 unspecified atom stereocenters. The van der Waals surface area contributed by atoms with Crippen LogP contribution in [0.15, 0.2) is 53.3 Å². The van der Waals surface area contributed by atoms with Crippen LogP contribution < -0.4 is 10.9 Å². The third-order valence-electron chi connectivity index (χ3n) is 5.67. The number of fused-ring (bicyclic) bond motifs is 1. The molecule has 1 aliphatic heterocycles. The maximum Gasteiger partial charge on any atom is 0.338 e. The van der Waals surface area contributed by atoms with Crippen molar-refractivity contribution in [2.45, 2.75) is 39.2 Å². The number of aromatic nitrogens is 2. The molecule has 32 heavy (non-hydrogen) atoms. The van der Waals surface area contributed by atoms with Crippen molar-refractivity contribution in [2.75, 3.05) is 12.4 Å².